The van der Waals surface area contributed by atoms with E-state index in [0.29, 0.717) is 5.13 Å². The fourth-order valence-corrected chi connectivity index (χ4v) is 3.00. The molecular formula is C12H17N5OS. The first-order valence-electron chi connectivity index (χ1n) is 6.34. The number of rotatable bonds is 4. The van der Waals surface area contributed by atoms with Gasteiger partial charge in [-0.15, -0.1) is 11.3 Å². The average molecular weight is 279 g/mol. The van der Waals surface area contributed by atoms with Crippen LogP contribution in [0.5, 0.6) is 0 Å². The van der Waals surface area contributed by atoms with Crippen LogP contribution in [0.2, 0.25) is 0 Å². The van der Waals surface area contributed by atoms with Crippen LogP contribution in [-0.4, -0.2) is 46.1 Å². The number of nitrogen functional groups attached to an aromatic ring is 1. The third kappa shape index (κ3) is 3.31. The van der Waals surface area contributed by atoms with Gasteiger partial charge in [-0.25, -0.2) is 4.98 Å². The van der Waals surface area contributed by atoms with E-state index in [9.17, 15) is 0 Å². The van der Waals surface area contributed by atoms with Gasteiger partial charge in [0.2, 0.25) is 0 Å². The van der Waals surface area contributed by atoms with Gasteiger partial charge in [-0.2, -0.15) is 0 Å². The molecule has 102 valence electrons. The van der Waals surface area contributed by atoms with E-state index < -0.39 is 0 Å². The van der Waals surface area contributed by atoms with Crippen LogP contribution in [0.3, 0.4) is 0 Å². The third-order valence-corrected chi connectivity index (χ3v) is 4.10. The summed E-state index contributed by atoms with van der Waals surface area (Å²) < 4.78 is 4.85. The summed E-state index contributed by atoms with van der Waals surface area (Å²) in [6, 6.07) is 1.92. The van der Waals surface area contributed by atoms with E-state index in [4.69, 9.17) is 10.3 Å². The van der Waals surface area contributed by atoms with E-state index in [-0.39, 0.29) is 0 Å². The van der Waals surface area contributed by atoms with Crippen LogP contribution < -0.4 is 5.73 Å². The molecule has 0 unspecified atom stereocenters. The van der Waals surface area contributed by atoms with Gasteiger partial charge in [0, 0.05) is 56.4 Å². The summed E-state index contributed by atoms with van der Waals surface area (Å²) >= 11 is 1.57. The van der Waals surface area contributed by atoms with Crippen molar-refractivity contribution in [1.82, 2.24) is 19.9 Å². The van der Waals surface area contributed by atoms with Gasteiger partial charge in [-0.05, 0) is 0 Å². The Hall–Kier alpha value is -1.44. The molecule has 2 aromatic heterocycles. The predicted octanol–water partition coefficient (Wildman–Crippen LogP) is 1.03. The van der Waals surface area contributed by atoms with E-state index in [0.717, 1.165) is 45.0 Å². The van der Waals surface area contributed by atoms with Gasteiger partial charge in [0.25, 0.3) is 0 Å². The zero-order valence-electron chi connectivity index (χ0n) is 10.7. The second-order valence-electron chi connectivity index (χ2n) is 4.71. The lowest BCUT2D eigenvalue weighted by molar-refractivity contribution is 0.120. The molecular weight excluding hydrogens is 262 g/mol. The van der Waals surface area contributed by atoms with Crippen molar-refractivity contribution in [1.29, 1.82) is 0 Å². The molecule has 2 aromatic rings. The van der Waals surface area contributed by atoms with Crippen LogP contribution in [0, 0.1) is 0 Å². The molecule has 3 rings (SSSR count). The lowest BCUT2D eigenvalue weighted by Gasteiger charge is -2.33. The topological polar surface area (TPSA) is 71.4 Å². The molecule has 6 nitrogen and oxygen atoms in total. The first-order valence-corrected chi connectivity index (χ1v) is 7.15. The normalized spacial score (nSPS) is 17.9. The van der Waals surface area contributed by atoms with Crippen LogP contribution in [0.1, 0.15) is 10.6 Å². The van der Waals surface area contributed by atoms with Crippen molar-refractivity contribution in [3.8, 4) is 0 Å². The van der Waals surface area contributed by atoms with Gasteiger partial charge < -0.3 is 10.3 Å². The number of nitrogens with two attached hydrogens (primary N) is 1. The SMILES string of the molecule is Nc1ncc(CN2CCN(Cc3ccon3)CC2)s1. The Balaban J connectivity index is 1.46. The lowest BCUT2D eigenvalue weighted by atomic mass is 10.3. The van der Waals surface area contributed by atoms with E-state index in [1.807, 2.05) is 12.3 Å². The predicted molar refractivity (Wildman–Crippen MR) is 73.6 cm³/mol. The molecule has 19 heavy (non-hydrogen) atoms. The molecule has 1 fully saturated rings. The molecule has 0 aliphatic carbocycles. The highest BCUT2D eigenvalue weighted by Crippen LogP contribution is 2.17. The summed E-state index contributed by atoms with van der Waals surface area (Å²) in [4.78, 5) is 10.2. The molecule has 0 radical (unpaired) electrons. The Bertz CT molecular complexity index is 504. The van der Waals surface area contributed by atoms with Crippen LogP contribution in [-0.2, 0) is 13.1 Å². The zero-order valence-corrected chi connectivity index (χ0v) is 11.5. The Kier molecular flexibility index (Phi) is 3.77. The molecule has 0 atom stereocenters. The van der Waals surface area contributed by atoms with Crippen molar-refractivity contribution in [3.05, 3.63) is 29.1 Å². The Labute approximate surface area is 115 Å². The van der Waals surface area contributed by atoms with Crippen molar-refractivity contribution in [2.45, 2.75) is 13.1 Å². The molecule has 1 aliphatic heterocycles. The molecule has 2 N–H and O–H groups in total. The average Bonchev–Trinajstić information content (AvgIpc) is 3.04. The second kappa shape index (κ2) is 5.68. The first-order chi connectivity index (χ1) is 9.29. The van der Waals surface area contributed by atoms with Gasteiger partial charge in [0.05, 0.1) is 5.69 Å². The minimum absolute atomic E-state index is 0.652. The standard InChI is InChI=1S/C12H17N5OS/c13-12-14-7-11(19-12)9-17-4-2-16(3-5-17)8-10-1-6-18-15-10/h1,6-7H,2-5,8-9H2,(H2,13,14). The molecule has 0 amide bonds. The third-order valence-electron chi connectivity index (χ3n) is 3.29. The number of piperazine rings is 1. The van der Waals surface area contributed by atoms with Gasteiger partial charge in [-0.1, -0.05) is 5.16 Å². The Morgan fingerprint density at radius 1 is 1.21 bits per heavy atom. The summed E-state index contributed by atoms with van der Waals surface area (Å²) in [6.45, 7) is 6.07. The van der Waals surface area contributed by atoms with Crippen LogP contribution in [0.4, 0.5) is 5.13 Å². The van der Waals surface area contributed by atoms with Crippen LogP contribution in [0.25, 0.3) is 0 Å². The molecule has 1 saturated heterocycles. The zero-order chi connectivity index (χ0) is 13.1. The summed E-state index contributed by atoms with van der Waals surface area (Å²) in [5.74, 6) is 0. The van der Waals surface area contributed by atoms with Crippen LogP contribution >= 0.6 is 11.3 Å². The maximum Gasteiger partial charge on any atom is 0.180 e. The minimum Gasteiger partial charge on any atom is -0.375 e. The summed E-state index contributed by atoms with van der Waals surface area (Å²) in [5.41, 5.74) is 6.65. The smallest absolute Gasteiger partial charge is 0.180 e. The molecule has 1 aliphatic rings. The molecule has 0 saturated carbocycles. The van der Waals surface area contributed by atoms with Crippen LogP contribution in [0.15, 0.2) is 23.0 Å². The lowest BCUT2D eigenvalue weighted by Crippen LogP contribution is -2.45. The van der Waals surface area contributed by atoms with Gasteiger partial charge in [0.1, 0.15) is 6.26 Å². The Morgan fingerprint density at radius 2 is 1.95 bits per heavy atom. The monoisotopic (exact) mass is 279 g/mol. The number of anilines is 1. The van der Waals surface area contributed by atoms with Gasteiger partial charge >= 0.3 is 0 Å². The fraction of sp³-hybridized carbons (Fsp3) is 0.500. The van der Waals surface area contributed by atoms with Crippen molar-refractivity contribution in [2.75, 3.05) is 31.9 Å². The first kappa shape index (κ1) is 12.6. The van der Waals surface area contributed by atoms with E-state index in [2.05, 4.69) is 19.9 Å². The minimum atomic E-state index is 0.652. The maximum atomic E-state index is 5.65. The van der Waals surface area contributed by atoms with Crippen molar-refractivity contribution in [3.63, 3.8) is 0 Å². The number of thiazole rings is 1. The largest absolute Gasteiger partial charge is 0.375 e. The van der Waals surface area contributed by atoms with E-state index >= 15 is 0 Å². The number of nitrogens with zero attached hydrogens (tertiary/aromatic N) is 4. The molecule has 0 bridgehead atoms. The van der Waals surface area contributed by atoms with Crippen molar-refractivity contribution >= 4 is 16.5 Å². The van der Waals surface area contributed by atoms with E-state index in [1.165, 1.54) is 4.88 Å². The number of hydrogen-bond acceptors (Lipinski definition) is 7. The maximum absolute atomic E-state index is 5.65. The highest BCUT2D eigenvalue weighted by molar-refractivity contribution is 7.15. The summed E-state index contributed by atoms with van der Waals surface area (Å²) in [7, 11) is 0. The molecule has 0 spiro atoms. The number of aromatic nitrogens is 2. The second-order valence-corrected chi connectivity index (χ2v) is 5.85. The highest BCUT2D eigenvalue weighted by atomic mass is 32.1. The van der Waals surface area contributed by atoms with Gasteiger partial charge in [-0.3, -0.25) is 9.80 Å². The van der Waals surface area contributed by atoms with Crippen molar-refractivity contribution < 1.29 is 4.52 Å². The van der Waals surface area contributed by atoms with Crippen molar-refractivity contribution in [2.24, 2.45) is 0 Å². The molecule has 3 heterocycles. The summed E-state index contributed by atoms with van der Waals surface area (Å²) in [5, 5.41) is 4.60. The highest BCUT2D eigenvalue weighted by Gasteiger charge is 2.18. The number of hydrogen-bond donors (Lipinski definition) is 1. The molecule has 7 heteroatoms. The Morgan fingerprint density at radius 3 is 2.53 bits per heavy atom. The summed E-state index contributed by atoms with van der Waals surface area (Å²) in [6.07, 6.45) is 3.50. The molecule has 0 aromatic carbocycles. The fourth-order valence-electron chi connectivity index (χ4n) is 2.27. The van der Waals surface area contributed by atoms with E-state index in [1.54, 1.807) is 17.6 Å². The van der Waals surface area contributed by atoms with Gasteiger partial charge in [0.15, 0.2) is 5.13 Å². The quantitative estimate of drug-likeness (QED) is 0.901.